The summed E-state index contributed by atoms with van der Waals surface area (Å²) in [4.78, 5) is 0. The lowest BCUT2D eigenvalue weighted by Gasteiger charge is -1.95. The Balaban J connectivity index is 2.37. The summed E-state index contributed by atoms with van der Waals surface area (Å²) in [5.74, 6) is 0.854. The molecule has 0 radical (unpaired) electrons. The van der Waals surface area contributed by atoms with E-state index in [4.69, 9.17) is 14.9 Å². The van der Waals surface area contributed by atoms with E-state index >= 15 is 0 Å². The summed E-state index contributed by atoms with van der Waals surface area (Å²) < 4.78 is 10.9. The SMILES string of the molecule is CCOCc1cc2c(CN)cccc2o1. The minimum atomic E-state index is 0.523. The molecule has 2 rings (SSSR count). The molecule has 2 aromatic rings. The zero-order chi connectivity index (χ0) is 10.7. The van der Waals surface area contributed by atoms with Crippen molar-refractivity contribution in [1.82, 2.24) is 0 Å². The quantitative estimate of drug-likeness (QED) is 0.833. The second-order valence-corrected chi connectivity index (χ2v) is 3.38. The second-order valence-electron chi connectivity index (χ2n) is 3.38. The van der Waals surface area contributed by atoms with Gasteiger partial charge in [-0.15, -0.1) is 0 Å². The molecule has 0 amide bonds. The van der Waals surface area contributed by atoms with Crippen LogP contribution >= 0.6 is 0 Å². The Morgan fingerprint density at radius 1 is 1.40 bits per heavy atom. The molecule has 3 nitrogen and oxygen atoms in total. The van der Waals surface area contributed by atoms with Gasteiger partial charge in [0.1, 0.15) is 18.0 Å². The van der Waals surface area contributed by atoms with Gasteiger partial charge in [-0.2, -0.15) is 0 Å². The summed E-state index contributed by atoms with van der Waals surface area (Å²) in [5, 5.41) is 1.09. The van der Waals surface area contributed by atoms with Crippen molar-refractivity contribution >= 4 is 11.0 Å². The molecule has 0 aliphatic heterocycles. The van der Waals surface area contributed by atoms with Crippen LogP contribution in [0.2, 0.25) is 0 Å². The maximum atomic E-state index is 5.65. The average Bonchev–Trinajstić information content (AvgIpc) is 2.68. The molecule has 0 saturated heterocycles. The van der Waals surface area contributed by atoms with E-state index in [-0.39, 0.29) is 0 Å². The predicted octanol–water partition coefficient (Wildman–Crippen LogP) is 2.43. The number of furan rings is 1. The van der Waals surface area contributed by atoms with E-state index in [1.54, 1.807) is 0 Å². The molecule has 0 spiro atoms. The topological polar surface area (TPSA) is 48.4 Å². The van der Waals surface area contributed by atoms with E-state index in [2.05, 4.69) is 0 Å². The van der Waals surface area contributed by atoms with Gasteiger partial charge in [0.15, 0.2) is 0 Å². The van der Waals surface area contributed by atoms with Gasteiger partial charge in [0.05, 0.1) is 0 Å². The first kappa shape index (κ1) is 10.2. The third-order valence-electron chi connectivity index (χ3n) is 2.37. The minimum Gasteiger partial charge on any atom is -0.459 e. The summed E-state index contributed by atoms with van der Waals surface area (Å²) in [6, 6.07) is 7.93. The van der Waals surface area contributed by atoms with Crippen molar-refractivity contribution in [1.29, 1.82) is 0 Å². The molecule has 0 unspecified atom stereocenters. The molecule has 0 aliphatic carbocycles. The molecule has 15 heavy (non-hydrogen) atoms. The summed E-state index contributed by atoms with van der Waals surface area (Å²) in [6.45, 7) is 3.72. The van der Waals surface area contributed by atoms with Crippen LogP contribution in [-0.4, -0.2) is 6.61 Å². The standard InChI is InChI=1S/C12H15NO2/c1-2-14-8-10-6-11-9(7-13)4-3-5-12(11)15-10/h3-6H,2,7-8,13H2,1H3. The molecule has 80 valence electrons. The molecule has 0 saturated carbocycles. The number of rotatable bonds is 4. The lowest BCUT2D eigenvalue weighted by atomic mass is 10.1. The highest BCUT2D eigenvalue weighted by Gasteiger charge is 2.06. The van der Waals surface area contributed by atoms with Crippen LogP contribution in [-0.2, 0) is 17.9 Å². The fourth-order valence-electron chi connectivity index (χ4n) is 1.63. The molecule has 3 heteroatoms. The highest BCUT2D eigenvalue weighted by Crippen LogP contribution is 2.23. The Hall–Kier alpha value is -1.32. The van der Waals surface area contributed by atoms with Crippen molar-refractivity contribution in [3.05, 3.63) is 35.6 Å². The van der Waals surface area contributed by atoms with Gasteiger partial charge in [0.2, 0.25) is 0 Å². The molecule has 0 aliphatic rings. The van der Waals surface area contributed by atoms with E-state index in [0.29, 0.717) is 19.8 Å². The third kappa shape index (κ3) is 2.03. The lowest BCUT2D eigenvalue weighted by molar-refractivity contribution is 0.119. The first-order chi connectivity index (χ1) is 7.35. The van der Waals surface area contributed by atoms with E-state index in [9.17, 15) is 0 Å². The number of hydrogen-bond donors (Lipinski definition) is 1. The summed E-state index contributed by atoms with van der Waals surface area (Å²) in [5.41, 5.74) is 7.64. The van der Waals surface area contributed by atoms with Gasteiger partial charge in [-0.1, -0.05) is 12.1 Å². The van der Waals surface area contributed by atoms with Crippen LogP contribution in [0.4, 0.5) is 0 Å². The highest BCUT2D eigenvalue weighted by atomic mass is 16.5. The van der Waals surface area contributed by atoms with Crippen molar-refractivity contribution < 1.29 is 9.15 Å². The molecule has 0 bridgehead atoms. The summed E-state index contributed by atoms with van der Waals surface area (Å²) in [6.07, 6.45) is 0. The fourth-order valence-corrected chi connectivity index (χ4v) is 1.63. The molecule has 1 aromatic heterocycles. The Kier molecular flexibility index (Phi) is 3.04. The van der Waals surface area contributed by atoms with Crippen LogP contribution in [0.1, 0.15) is 18.2 Å². The Labute approximate surface area is 88.8 Å². The van der Waals surface area contributed by atoms with Crippen LogP contribution in [0.5, 0.6) is 0 Å². The van der Waals surface area contributed by atoms with Crippen LogP contribution in [0.3, 0.4) is 0 Å². The Morgan fingerprint density at radius 2 is 2.27 bits per heavy atom. The third-order valence-corrected chi connectivity index (χ3v) is 2.37. The fraction of sp³-hybridized carbons (Fsp3) is 0.333. The van der Waals surface area contributed by atoms with Crippen molar-refractivity contribution in [3.63, 3.8) is 0 Å². The molecule has 1 heterocycles. The zero-order valence-corrected chi connectivity index (χ0v) is 8.82. The largest absolute Gasteiger partial charge is 0.459 e. The smallest absolute Gasteiger partial charge is 0.134 e. The highest BCUT2D eigenvalue weighted by molar-refractivity contribution is 5.81. The van der Waals surface area contributed by atoms with E-state index in [1.807, 2.05) is 31.2 Å². The van der Waals surface area contributed by atoms with Crippen LogP contribution in [0, 0.1) is 0 Å². The molecule has 2 N–H and O–H groups in total. The molecule has 1 aromatic carbocycles. The van der Waals surface area contributed by atoms with Gasteiger partial charge in [0.25, 0.3) is 0 Å². The van der Waals surface area contributed by atoms with Crippen molar-refractivity contribution in [2.75, 3.05) is 6.61 Å². The molecule has 0 fully saturated rings. The van der Waals surface area contributed by atoms with Gasteiger partial charge in [-0.25, -0.2) is 0 Å². The lowest BCUT2D eigenvalue weighted by Crippen LogP contribution is -1.95. The number of ether oxygens (including phenoxy) is 1. The summed E-state index contributed by atoms with van der Waals surface area (Å²) in [7, 11) is 0. The average molecular weight is 205 g/mol. The van der Waals surface area contributed by atoms with Gasteiger partial charge in [-0.3, -0.25) is 0 Å². The second kappa shape index (κ2) is 4.47. The number of benzene rings is 1. The molecular formula is C12H15NO2. The van der Waals surface area contributed by atoms with Crippen LogP contribution in [0.25, 0.3) is 11.0 Å². The number of hydrogen-bond acceptors (Lipinski definition) is 3. The van der Waals surface area contributed by atoms with Gasteiger partial charge >= 0.3 is 0 Å². The number of fused-ring (bicyclic) bond motifs is 1. The maximum absolute atomic E-state index is 5.65. The predicted molar refractivity (Wildman–Crippen MR) is 59.4 cm³/mol. The van der Waals surface area contributed by atoms with Gasteiger partial charge < -0.3 is 14.9 Å². The summed E-state index contributed by atoms with van der Waals surface area (Å²) >= 11 is 0. The van der Waals surface area contributed by atoms with Crippen molar-refractivity contribution in [2.24, 2.45) is 5.73 Å². The maximum Gasteiger partial charge on any atom is 0.134 e. The number of nitrogens with two attached hydrogens (primary N) is 1. The first-order valence-corrected chi connectivity index (χ1v) is 5.13. The van der Waals surface area contributed by atoms with Crippen LogP contribution in [0.15, 0.2) is 28.7 Å². The molecule has 0 atom stereocenters. The van der Waals surface area contributed by atoms with E-state index < -0.39 is 0 Å². The van der Waals surface area contributed by atoms with Gasteiger partial charge in [-0.05, 0) is 24.6 Å². The molecular weight excluding hydrogens is 190 g/mol. The van der Waals surface area contributed by atoms with Crippen molar-refractivity contribution in [2.45, 2.75) is 20.1 Å². The van der Waals surface area contributed by atoms with Crippen molar-refractivity contribution in [3.8, 4) is 0 Å². The van der Waals surface area contributed by atoms with Gasteiger partial charge in [0, 0.05) is 18.5 Å². The first-order valence-electron chi connectivity index (χ1n) is 5.13. The van der Waals surface area contributed by atoms with Crippen LogP contribution < -0.4 is 5.73 Å². The normalized spacial score (nSPS) is 11.1. The monoisotopic (exact) mass is 205 g/mol. The Morgan fingerprint density at radius 3 is 3.00 bits per heavy atom. The van der Waals surface area contributed by atoms with E-state index in [0.717, 1.165) is 22.3 Å². The zero-order valence-electron chi connectivity index (χ0n) is 8.82. The minimum absolute atomic E-state index is 0.523. The van der Waals surface area contributed by atoms with E-state index in [1.165, 1.54) is 0 Å². The Bertz CT molecular complexity index is 448.